The third kappa shape index (κ3) is 7.66. The molecule has 1 rings (SSSR count). The number of carbonyl (C=O) groups excluding carboxylic acids is 1. The molecule has 0 bridgehead atoms. The van der Waals surface area contributed by atoms with Gasteiger partial charge in [0, 0.05) is 5.56 Å². The molecule has 0 fully saturated rings. The highest BCUT2D eigenvalue weighted by Crippen LogP contribution is 2.00. The maximum Gasteiger partial charge on any atom is 0.287 e. The van der Waals surface area contributed by atoms with E-state index in [4.69, 9.17) is 10.1 Å². The third-order valence-corrected chi connectivity index (χ3v) is 1.72. The fourth-order valence-corrected chi connectivity index (χ4v) is 1.11. The normalized spacial score (nSPS) is 9.13. The molecule has 0 amide bonds. The number of carbonyl (C=O) groups is 1. The van der Waals surface area contributed by atoms with Gasteiger partial charge in [-0.25, -0.2) is 0 Å². The largest absolute Gasteiger partial charge is 0.662 e. The molecule has 0 spiro atoms. The number of rotatable bonds is 3. The maximum atomic E-state index is 8.64. The molecule has 1 aromatic carbocycles. The van der Waals surface area contributed by atoms with Gasteiger partial charge in [0.2, 0.25) is 0 Å². The van der Waals surface area contributed by atoms with Gasteiger partial charge in [-0.05, 0) is 6.92 Å². The Labute approximate surface area is 90.0 Å². The summed E-state index contributed by atoms with van der Waals surface area (Å²) in [5.74, 6) is 0. The van der Waals surface area contributed by atoms with E-state index in [1.54, 1.807) is 0 Å². The average molecular weight is 211 g/mol. The van der Waals surface area contributed by atoms with E-state index in [2.05, 4.69) is 50.2 Å². The van der Waals surface area contributed by atoms with Crippen LogP contribution in [-0.2, 0) is 16.2 Å². The summed E-state index contributed by atoms with van der Waals surface area (Å²) >= 11 is 0. The summed E-state index contributed by atoms with van der Waals surface area (Å²) in [6.07, 6.45) is 0. The molecule has 0 aromatic heterocycles. The van der Waals surface area contributed by atoms with Crippen molar-refractivity contribution in [2.24, 2.45) is 0 Å². The van der Waals surface area contributed by atoms with Gasteiger partial charge < -0.3 is 15.0 Å². The zero-order valence-corrected chi connectivity index (χ0v) is 9.32. The molecule has 0 saturated carbocycles. The van der Waals surface area contributed by atoms with Crippen LogP contribution >= 0.6 is 0 Å². The van der Waals surface area contributed by atoms with E-state index in [1.807, 2.05) is 0 Å². The molecular weight excluding hydrogens is 194 g/mol. The second kappa shape index (κ2) is 7.96. The molecule has 0 unspecified atom stereocenters. The zero-order valence-electron chi connectivity index (χ0n) is 9.32. The summed E-state index contributed by atoms with van der Waals surface area (Å²) in [5.41, 5.74) is 2.75. The van der Waals surface area contributed by atoms with Gasteiger partial charge in [0.1, 0.15) is 6.54 Å². The van der Waals surface area contributed by atoms with Gasteiger partial charge >= 0.3 is 0 Å². The van der Waals surface area contributed by atoms with Crippen LogP contribution in [0.2, 0.25) is 0 Å². The molecule has 0 aliphatic heterocycles. The van der Waals surface area contributed by atoms with Crippen molar-refractivity contribution in [3.63, 3.8) is 0 Å². The van der Waals surface area contributed by atoms with E-state index < -0.39 is 0 Å². The van der Waals surface area contributed by atoms with E-state index in [0.29, 0.717) is 0 Å². The van der Waals surface area contributed by atoms with Crippen molar-refractivity contribution in [3.05, 3.63) is 35.4 Å². The Morgan fingerprint density at radius 3 is 2.13 bits per heavy atom. The SMILES string of the molecule is Cc1ccc(C[NH+](C)C)cc1.O=CO[O-]. The van der Waals surface area contributed by atoms with Crippen molar-refractivity contribution < 1.29 is 19.8 Å². The summed E-state index contributed by atoms with van der Waals surface area (Å²) in [6.45, 7) is 3.05. The van der Waals surface area contributed by atoms with Crippen molar-refractivity contribution in [2.45, 2.75) is 13.5 Å². The smallest absolute Gasteiger partial charge is 0.287 e. The number of hydrogen-bond acceptors (Lipinski definition) is 3. The molecule has 0 aliphatic carbocycles. The van der Waals surface area contributed by atoms with Crippen molar-refractivity contribution in [3.8, 4) is 0 Å². The lowest BCUT2D eigenvalue weighted by Crippen LogP contribution is -3.04. The number of aryl methyl sites for hydroxylation is 1. The Morgan fingerprint density at radius 1 is 1.33 bits per heavy atom. The molecule has 0 heterocycles. The third-order valence-electron chi connectivity index (χ3n) is 1.72. The first-order chi connectivity index (χ1) is 7.10. The highest BCUT2D eigenvalue weighted by Gasteiger charge is 1.95. The monoisotopic (exact) mass is 211 g/mol. The van der Waals surface area contributed by atoms with Crippen LogP contribution in [0.4, 0.5) is 0 Å². The van der Waals surface area contributed by atoms with E-state index in [-0.39, 0.29) is 6.47 Å². The predicted molar refractivity (Wildman–Crippen MR) is 54.8 cm³/mol. The van der Waals surface area contributed by atoms with Gasteiger partial charge in [0.05, 0.1) is 14.1 Å². The first-order valence-corrected chi connectivity index (χ1v) is 4.67. The number of hydrogen-bond donors (Lipinski definition) is 1. The predicted octanol–water partition coefficient (Wildman–Crippen LogP) is -0.926. The summed E-state index contributed by atoms with van der Waals surface area (Å²) in [5, 5.41) is 8.43. The summed E-state index contributed by atoms with van der Waals surface area (Å²) in [4.78, 5) is 12.7. The minimum absolute atomic E-state index is 0.181. The standard InChI is InChI=1S/C10H15N.CH2O3/c1-9-4-6-10(7-5-9)8-11(2)3;2-1-4-3/h4-7H,8H2,1-3H3;1,3H. The van der Waals surface area contributed by atoms with Crippen LogP contribution < -0.4 is 10.2 Å². The van der Waals surface area contributed by atoms with E-state index in [0.717, 1.165) is 6.54 Å². The quantitative estimate of drug-likeness (QED) is 0.399. The van der Waals surface area contributed by atoms with Crippen LogP contribution in [0, 0.1) is 6.92 Å². The second-order valence-corrected chi connectivity index (χ2v) is 3.56. The average Bonchev–Trinajstić information content (AvgIpc) is 2.21. The summed E-state index contributed by atoms with van der Waals surface area (Å²) in [7, 11) is 4.33. The van der Waals surface area contributed by atoms with E-state index in [9.17, 15) is 0 Å². The van der Waals surface area contributed by atoms with Crippen LogP contribution in [0.3, 0.4) is 0 Å². The Hall–Kier alpha value is -1.39. The number of nitrogens with one attached hydrogen (secondary N) is 1. The highest BCUT2D eigenvalue weighted by molar-refractivity contribution is 5.35. The van der Waals surface area contributed by atoms with Gasteiger partial charge in [0.15, 0.2) is 0 Å². The molecule has 84 valence electrons. The first kappa shape index (κ1) is 13.6. The van der Waals surface area contributed by atoms with Crippen molar-refractivity contribution in [2.75, 3.05) is 14.1 Å². The lowest BCUT2D eigenvalue weighted by atomic mass is 10.1. The highest BCUT2D eigenvalue weighted by atomic mass is 17.1. The Bertz CT molecular complexity index is 270. The van der Waals surface area contributed by atoms with E-state index in [1.165, 1.54) is 16.0 Å². The Morgan fingerprint density at radius 2 is 1.80 bits per heavy atom. The lowest BCUT2D eigenvalue weighted by molar-refractivity contribution is -0.872. The van der Waals surface area contributed by atoms with Crippen LogP contribution in [0.1, 0.15) is 11.1 Å². The van der Waals surface area contributed by atoms with Gasteiger partial charge in [-0.1, -0.05) is 29.8 Å². The zero-order chi connectivity index (χ0) is 11.7. The van der Waals surface area contributed by atoms with Gasteiger partial charge in [-0.3, -0.25) is 4.79 Å². The van der Waals surface area contributed by atoms with Crippen LogP contribution in [0.5, 0.6) is 0 Å². The molecule has 1 aromatic rings. The molecular formula is C11H17NO3. The molecule has 0 aliphatic rings. The number of benzene rings is 1. The van der Waals surface area contributed by atoms with E-state index >= 15 is 0 Å². The second-order valence-electron chi connectivity index (χ2n) is 3.56. The fraction of sp³-hybridized carbons (Fsp3) is 0.364. The lowest BCUT2D eigenvalue weighted by Gasteiger charge is -2.06. The molecule has 15 heavy (non-hydrogen) atoms. The Balaban J connectivity index is 0.000000423. The molecule has 0 radical (unpaired) electrons. The summed E-state index contributed by atoms with van der Waals surface area (Å²) in [6, 6.07) is 8.72. The van der Waals surface area contributed by atoms with Crippen molar-refractivity contribution in [1.29, 1.82) is 0 Å². The van der Waals surface area contributed by atoms with Crippen LogP contribution in [0.25, 0.3) is 0 Å². The van der Waals surface area contributed by atoms with Crippen LogP contribution in [0.15, 0.2) is 24.3 Å². The van der Waals surface area contributed by atoms with Crippen LogP contribution in [-0.4, -0.2) is 20.6 Å². The molecule has 0 atom stereocenters. The minimum atomic E-state index is -0.181. The molecule has 1 N–H and O–H groups in total. The summed E-state index contributed by atoms with van der Waals surface area (Å²) < 4.78 is 0. The topological polar surface area (TPSA) is 53.8 Å². The molecule has 4 nitrogen and oxygen atoms in total. The maximum absolute atomic E-state index is 8.64. The van der Waals surface area contributed by atoms with Gasteiger partial charge in [-0.2, -0.15) is 0 Å². The number of quaternary nitrogens is 1. The minimum Gasteiger partial charge on any atom is -0.662 e. The first-order valence-electron chi connectivity index (χ1n) is 4.67. The molecule has 0 saturated heterocycles. The molecule has 4 heteroatoms. The van der Waals surface area contributed by atoms with Gasteiger partial charge in [-0.15, -0.1) is 0 Å². The van der Waals surface area contributed by atoms with Crippen molar-refractivity contribution >= 4 is 6.47 Å². The fourth-order valence-electron chi connectivity index (χ4n) is 1.11. The van der Waals surface area contributed by atoms with Crippen molar-refractivity contribution in [1.82, 2.24) is 0 Å². The Kier molecular flexibility index (Phi) is 7.23. The van der Waals surface area contributed by atoms with Gasteiger partial charge in [0.25, 0.3) is 6.47 Å².